The Balaban J connectivity index is 1.69. The van der Waals surface area contributed by atoms with Crippen LogP contribution in [0.3, 0.4) is 0 Å². The second-order valence-corrected chi connectivity index (χ2v) is 4.83. The van der Waals surface area contributed by atoms with Crippen LogP contribution in [0.15, 0.2) is 34.9 Å². The monoisotopic (exact) mass is 242 g/mol. The minimum absolute atomic E-state index is 0.00893. The minimum Gasteiger partial charge on any atom is -0.339 e. The summed E-state index contributed by atoms with van der Waals surface area (Å²) < 4.78 is 5.12. The molecule has 18 heavy (non-hydrogen) atoms. The first-order valence-electron chi connectivity index (χ1n) is 6.15. The molecule has 2 unspecified atom stereocenters. The molecule has 1 saturated carbocycles. The zero-order valence-corrected chi connectivity index (χ0v) is 10.2. The van der Waals surface area contributed by atoms with Crippen molar-refractivity contribution in [1.82, 2.24) is 10.1 Å². The number of ketones is 1. The maximum absolute atomic E-state index is 11.9. The van der Waals surface area contributed by atoms with E-state index in [1.165, 1.54) is 0 Å². The van der Waals surface area contributed by atoms with Crippen LogP contribution in [0.2, 0.25) is 0 Å². The number of hydrogen-bond acceptors (Lipinski definition) is 4. The molecule has 92 valence electrons. The molecule has 2 aromatic rings. The van der Waals surface area contributed by atoms with E-state index in [0.29, 0.717) is 23.3 Å². The molecule has 1 aliphatic rings. The van der Waals surface area contributed by atoms with Gasteiger partial charge in [0.2, 0.25) is 5.89 Å². The summed E-state index contributed by atoms with van der Waals surface area (Å²) in [6.45, 7) is 2.16. The first-order chi connectivity index (χ1) is 8.74. The van der Waals surface area contributed by atoms with E-state index in [4.69, 9.17) is 4.52 Å². The van der Waals surface area contributed by atoms with E-state index in [1.54, 1.807) is 12.1 Å². The predicted octanol–water partition coefficient (Wildman–Crippen LogP) is 2.62. The molecule has 0 amide bonds. The summed E-state index contributed by atoms with van der Waals surface area (Å²) in [4.78, 5) is 16.2. The lowest BCUT2D eigenvalue weighted by molar-refractivity contribution is 0.0983. The summed E-state index contributed by atoms with van der Waals surface area (Å²) in [6, 6.07) is 9.16. The summed E-state index contributed by atoms with van der Waals surface area (Å²) in [5.74, 6) is 2.24. The lowest BCUT2D eigenvalue weighted by atomic mass is 10.1. The lowest BCUT2D eigenvalue weighted by Crippen LogP contribution is -2.03. The summed E-state index contributed by atoms with van der Waals surface area (Å²) in [7, 11) is 0. The standard InChI is InChI=1S/C14H14N2O2/c1-9-7-11(9)14-15-13(18-16-14)8-12(17)10-5-3-2-4-6-10/h2-6,9,11H,7-8H2,1H3. The van der Waals surface area contributed by atoms with Crippen LogP contribution in [-0.4, -0.2) is 15.9 Å². The van der Waals surface area contributed by atoms with E-state index in [0.717, 1.165) is 12.2 Å². The number of hydrogen-bond donors (Lipinski definition) is 0. The molecule has 0 aliphatic heterocycles. The Hall–Kier alpha value is -1.97. The van der Waals surface area contributed by atoms with Gasteiger partial charge in [-0.05, 0) is 12.3 Å². The highest BCUT2D eigenvalue weighted by Gasteiger charge is 2.38. The van der Waals surface area contributed by atoms with Crippen molar-refractivity contribution in [2.24, 2.45) is 5.92 Å². The van der Waals surface area contributed by atoms with Crippen molar-refractivity contribution in [3.63, 3.8) is 0 Å². The highest BCUT2D eigenvalue weighted by Crippen LogP contribution is 2.45. The third kappa shape index (κ3) is 2.18. The average molecular weight is 242 g/mol. The van der Waals surface area contributed by atoms with E-state index in [1.807, 2.05) is 18.2 Å². The summed E-state index contributed by atoms with van der Waals surface area (Å²) >= 11 is 0. The zero-order valence-electron chi connectivity index (χ0n) is 10.2. The summed E-state index contributed by atoms with van der Waals surface area (Å²) in [5.41, 5.74) is 0.678. The third-order valence-electron chi connectivity index (χ3n) is 3.33. The van der Waals surface area contributed by atoms with Gasteiger partial charge < -0.3 is 4.52 Å². The normalized spacial score (nSPS) is 21.8. The van der Waals surface area contributed by atoms with Gasteiger partial charge in [0, 0.05) is 11.5 Å². The number of rotatable bonds is 4. The molecule has 2 atom stereocenters. The Bertz CT molecular complexity index is 562. The van der Waals surface area contributed by atoms with Crippen molar-refractivity contribution in [2.45, 2.75) is 25.7 Å². The van der Waals surface area contributed by atoms with Crippen molar-refractivity contribution >= 4 is 5.78 Å². The van der Waals surface area contributed by atoms with E-state index in [-0.39, 0.29) is 12.2 Å². The fourth-order valence-electron chi connectivity index (χ4n) is 2.04. The molecule has 1 heterocycles. The van der Waals surface area contributed by atoms with Crippen molar-refractivity contribution < 1.29 is 9.32 Å². The van der Waals surface area contributed by atoms with E-state index in [9.17, 15) is 4.79 Å². The number of benzene rings is 1. The Morgan fingerprint density at radius 1 is 1.39 bits per heavy atom. The fraction of sp³-hybridized carbons (Fsp3) is 0.357. The molecular weight excluding hydrogens is 228 g/mol. The maximum atomic E-state index is 11.9. The van der Waals surface area contributed by atoms with Gasteiger partial charge in [-0.1, -0.05) is 42.4 Å². The first kappa shape index (κ1) is 11.1. The Labute approximate surface area is 105 Å². The van der Waals surface area contributed by atoms with Gasteiger partial charge in [-0.2, -0.15) is 4.98 Å². The number of carbonyl (C=O) groups is 1. The first-order valence-corrected chi connectivity index (χ1v) is 6.15. The highest BCUT2D eigenvalue weighted by molar-refractivity contribution is 5.96. The summed E-state index contributed by atoms with van der Waals surface area (Å²) in [5, 5.41) is 3.94. The molecule has 1 fully saturated rings. The Morgan fingerprint density at radius 3 is 2.78 bits per heavy atom. The number of aromatic nitrogens is 2. The average Bonchev–Trinajstić information content (AvgIpc) is 2.94. The van der Waals surface area contributed by atoms with Gasteiger partial charge in [-0.25, -0.2) is 0 Å². The van der Waals surface area contributed by atoms with Crippen LogP contribution >= 0.6 is 0 Å². The Kier molecular flexibility index (Phi) is 2.70. The van der Waals surface area contributed by atoms with E-state index in [2.05, 4.69) is 17.1 Å². The van der Waals surface area contributed by atoms with Crippen molar-refractivity contribution in [3.05, 3.63) is 47.6 Å². The molecule has 0 spiro atoms. The third-order valence-corrected chi connectivity index (χ3v) is 3.33. The van der Waals surface area contributed by atoms with Crippen LogP contribution in [0.1, 0.15) is 41.3 Å². The Morgan fingerprint density at radius 2 is 2.11 bits per heavy atom. The van der Waals surface area contributed by atoms with Crippen LogP contribution in [0.4, 0.5) is 0 Å². The molecule has 0 N–H and O–H groups in total. The molecule has 1 aromatic heterocycles. The maximum Gasteiger partial charge on any atom is 0.234 e. The molecule has 0 radical (unpaired) electrons. The van der Waals surface area contributed by atoms with Crippen molar-refractivity contribution in [2.75, 3.05) is 0 Å². The molecule has 0 bridgehead atoms. The fourth-order valence-corrected chi connectivity index (χ4v) is 2.04. The van der Waals surface area contributed by atoms with Crippen LogP contribution in [0.25, 0.3) is 0 Å². The van der Waals surface area contributed by atoms with Gasteiger partial charge in [-0.3, -0.25) is 4.79 Å². The van der Waals surface area contributed by atoms with Crippen molar-refractivity contribution in [3.8, 4) is 0 Å². The highest BCUT2D eigenvalue weighted by atomic mass is 16.5. The number of carbonyl (C=O) groups excluding carboxylic acids is 1. The van der Waals surface area contributed by atoms with Gasteiger partial charge in [0.1, 0.15) is 0 Å². The van der Waals surface area contributed by atoms with Gasteiger partial charge >= 0.3 is 0 Å². The van der Waals surface area contributed by atoms with Gasteiger partial charge in [0.15, 0.2) is 11.6 Å². The molecule has 1 aliphatic carbocycles. The van der Waals surface area contributed by atoms with Crippen LogP contribution in [-0.2, 0) is 6.42 Å². The summed E-state index contributed by atoms with van der Waals surface area (Å²) in [6.07, 6.45) is 1.30. The molecule has 0 saturated heterocycles. The van der Waals surface area contributed by atoms with E-state index < -0.39 is 0 Å². The second-order valence-electron chi connectivity index (χ2n) is 4.83. The number of nitrogens with zero attached hydrogens (tertiary/aromatic N) is 2. The minimum atomic E-state index is 0.00893. The largest absolute Gasteiger partial charge is 0.339 e. The van der Waals surface area contributed by atoms with Crippen LogP contribution < -0.4 is 0 Å². The number of Topliss-reactive ketones (excluding diaryl/α,β-unsaturated/α-hetero) is 1. The van der Waals surface area contributed by atoms with Gasteiger partial charge in [-0.15, -0.1) is 0 Å². The van der Waals surface area contributed by atoms with Crippen LogP contribution in [0, 0.1) is 5.92 Å². The van der Waals surface area contributed by atoms with E-state index >= 15 is 0 Å². The van der Waals surface area contributed by atoms with Gasteiger partial charge in [0.25, 0.3) is 0 Å². The lowest BCUT2D eigenvalue weighted by Gasteiger charge is -1.95. The zero-order chi connectivity index (χ0) is 12.5. The molecular formula is C14H14N2O2. The quantitative estimate of drug-likeness (QED) is 0.773. The van der Waals surface area contributed by atoms with Gasteiger partial charge in [0.05, 0.1) is 6.42 Å². The topological polar surface area (TPSA) is 56.0 Å². The van der Waals surface area contributed by atoms with Crippen LogP contribution in [0.5, 0.6) is 0 Å². The molecule has 1 aromatic carbocycles. The van der Waals surface area contributed by atoms with Crippen molar-refractivity contribution in [1.29, 1.82) is 0 Å². The smallest absolute Gasteiger partial charge is 0.234 e. The predicted molar refractivity (Wildman–Crippen MR) is 65.3 cm³/mol. The molecule has 3 rings (SSSR count). The molecule has 4 heteroatoms. The second kappa shape index (κ2) is 4.37. The molecule has 4 nitrogen and oxygen atoms in total. The SMILES string of the molecule is CC1CC1c1noc(CC(=O)c2ccccc2)n1.